The maximum Gasteiger partial charge on any atom is 0.0669 e. The highest BCUT2D eigenvalue weighted by atomic mass is 14.2. The molecule has 0 atom stereocenters. The molecular formula is C12H15N. The molecule has 1 aromatic carbocycles. The molecule has 0 heterocycles. The highest BCUT2D eigenvalue weighted by Gasteiger charge is 2.00. The second kappa shape index (κ2) is 4.67. The maximum absolute atomic E-state index is 8.65. The van der Waals surface area contributed by atoms with Crippen molar-refractivity contribution in [3.05, 3.63) is 34.9 Å². The molecule has 0 N–H and O–H groups in total. The maximum atomic E-state index is 8.65. The average Bonchev–Trinajstić information content (AvgIpc) is 2.18. The normalized spacial score (nSPS) is 9.62. The quantitative estimate of drug-likeness (QED) is 0.689. The minimum Gasteiger partial charge on any atom is -0.198 e. The van der Waals surface area contributed by atoms with Crippen LogP contribution >= 0.6 is 0 Å². The monoisotopic (exact) mass is 173 g/mol. The van der Waals surface area contributed by atoms with Crippen LogP contribution in [-0.2, 0) is 19.3 Å². The van der Waals surface area contributed by atoms with Gasteiger partial charge in [0.2, 0.25) is 0 Å². The lowest BCUT2D eigenvalue weighted by atomic mass is 9.99. The molecule has 1 aromatic rings. The van der Waals surface area contributed by atoms with E-state index >= 15 is 0 Å². The number of hydrogen-bond donors (Lipinski definition) is 0. The number of rotatable bonds is 3. The highest BCUT2D eigenvalue weighted by molar-refractivity contribution is 5.33. The van der Waals surface area contributed by atoms with Gasteiger partial charge in [-0.3, -0.25) is 0 Å². The van der Waals surface area contributed by atoms with Crippen LogP contribution in [0.3, 0.4) is 0 Å². The molecule has 0 aliphatic heterocycles. The summed E-state index contributed by atoms with van der Waals surface area (Å²) < 4.78 is 0. The summed E-state index contributed by atoms with van der Waals surface area (Å²) in [5.74, 6) is 0. The second-order valence-electron chi connectivity index (χ2n) is 3.15. The number of hydrogen-bond acceptors (Lipinski definition) is 1. The van der Waals surface area contributed by atoms with Crippen molar-refractivity contribution in [3.8, 4) is 6.07 Å². The second-order valence-corrected chi connectivity index (χ2v) is 3.15. The number of nitrogens with zero attached hydrogens (tertiary/aromatic N) is 1. The van der Waals surface area contributed by atoms with E-state index in [1.807, 2.05) is 0 Å². The Morgan fingerprint density at radius 3 is 2.46 bits per heavy atom. The zero-order chi connectivity index (χ0) is 9.68. The third-order valence-electron chi connectivity index (χ3n) is 2.33. The van der Waals surface area contributed by atoms with E-state index in [9.17, 15) is 0 Å². The van der Waals surface area contributed by atoms with E-state index in [1.165, 1.54) is 16.7 Å². The van der Waals surface area contributed by atoms with Gasteiger partial charge in [0.05, 0.1) is 12.5 Å². The van der Waals surface area contributed by atoms with Crippen molar-refractivity contribution in [2.45, 2.75) is 33.1 Å². The summed E-state index contributed by atoms with van der Waals surface area (Å²) in [6.45, 7) is 4.26. The van der Waals surface area contributed by atoms with Crippen LogP contribution < -0.4 is 0 Å². The van der Waals surface area contributed by atoms with Crippen molar-refractivity contribution < 1.29 is 0 Å². The average molecular weight is 173 g/mol. The standard InChI is InChI=1S/C12H15N/c1-3-10-5-6-11(4-2)12(9-10)7-8-13/h5-6,9H,3-4,7H2,1-2H3. The Bertz CT molecular complexity index is 320. The van der Waals surface area contributed by atoms with Crippen molar-refractivity contribution in [3.63, 3.8) is 0 Å². The van der Waals surface area contributed by atoms with Gasteiger partial charge in [-0.2, -0.15) is 5.26 Å². The first kappa shape index (κ1) is 9.80. The van der Waals surface area contributed by atoms with Crippen LogP contribution in [0.4, 0.5) is 0 Å². The van der Waals surface area contributed by atoms with Gasteiger partial charge >= 0.3 is 0 Å². The molecule has 0 saturated heterocycles. The predicted molar refractivity (Wildman–Crippen MR) is 54.5 cm³/mol. The molecule has 0 amide bonds. The number of nitriles is 1. The Labute approximate surface area is 80.0 Å². The van der Waals surface area contributed by atoms with Crippen LogP contribution in [0.2, 0.25) is 0 Å². The summed E-state index contributed by atoms with van der Waals surface area (Å²) in [6, 6.07) is 8.66. The minimum atomic E-state index is 0.539. The van der Waals surface area contributed by atoms with Crippen molar-refractivity contribution in [1.82, 2.24) is 0 Å². The smallest absolute Gasteiger partial charge is 0.0669 e. The largest absolute Gasteiger partial charge is 0.198 e. The summed E-state index contributed by atoms with van der Waals surface area (Å²) in [7, 11) is 0. The molecule has 0 fully saturated rings. The zero-order valence-corrected chi connectivity index (χ0v) is 8.30. The van der Waals surface area contributed by atoms with E-state index in [-0.39, 0.29) is 0 Å². The van der Waals surface area contributed by atoms with E-state index in [2.05, 4.69) is 38.1 Å². The van der Waals surface area contributed by atoms with Crippen LogP contribution in [0.25, 0.3) is 0 Å². The van der Waals surface area contributed by atoms with Crippen molar-refractivity contribution in [1.29, 1.82) is 5.26 Å². The Kier molecular flexibility index (Phi) is 3.52. The molecule has 13 heavy (non-hydrogen) atoms. The lowest BCUT2D eigenvalue weighted by molar-refractivity contribution is 1.05. The molecule has 0 saturated carbocycles. The van der Waals surface area contributed by atoms with Crippen molar-refractivity contribution >= 4 is 0 Å². The van der Waals surface area contributed by atoms with E-state index in [0.717, 1.165) is 12.8 Å². The highest BCUT2D eigenvalue weighted by Crippen LogP contribution is 2.13. The van der Waals surface area contributed by atoms with Gasteiger partial charge in [0.1, 0.15) is 0 Å². The molecule has 0 aliphatic carbocycles. The first-order chi connectivity index (χ1) is 6.31. The number of aryl methyl sites for hydroxylation is 2. The Morgan fingerprint density at radius 2 is 1.92 bits per heavy atom. The van der Waals surface area contributed by atoms with Crippen LogP contribution in [-0.4, -0.2) is 0 Å². The van der Waals surface area contributed by atoms with Crippen LogP contribution in [0.15, 0.2) is 18.2 Å². The zero-order valence-electron chi connectivity index (χ0n) is 8.30. The van der Waals surface area contributed by atoms with Gasteiger partial charge < -0.3 is 0 Å². The van der Waals surface area contributed by atoms with Gasteiger partial charge in [0.15, 0.2) is 0 Å². The summed E-state index contributed by atoms with van der Waals surface area (Å²) in [5, 5.41) is 8.65. The van der Waals surface area contributed by atoms with E-state index in [4.69, 9.17) is 5.26 Å². The molecule has 0 aromatic heterocycles. The van der Waals surface area contributed by atoms with E-state index in [0.29, 0.717) is 6.42 Å². The van der Waals surface area contributed by atoms with Gasteiger partial charge in [-0.05, 0) is 29.5 Å². The SMILES string of the molecule is CCc1ccc(CC)c(CC#N)c1. The van der Waals surface area contributed by atoms with Crippen molar-refractivity contribution in [2.75, 3.05) is 0 Å². The molecule has 0 aliphatic rings. The molecule has 0 radical (unpaired) electrons. The molecule has 1 rings (SSSR count). The molecule has 0 spiro atoms. The summed E-state index contributed by atoms with van der Waals surface area (Å²) in [4.78, 5) is 0. The molecule has 1 heteroatoms. The topological polar surface area (TPSA) is 23.8 Å². The predicted octanol–water partition coefficient (Wildman–Crippen LogP) is 2.88. The van der Waals surface area contributed by atoms with Crippen LogP contribution in [0.1, 0.15) is 30.5 Å². The first-order valence-electron chi connectivity index (χ1n) is 4.79. The molecular weight excluding hydrogens is 158 g/mol. The molecule has 0 unspecified atom stereocenters. The third-order valence-corrected chi connectivity index (χ3v) is 2.33. The number of benzene rings is 1. The molecule has 68 valence electrons. The Morgan fingerprint density at radius 1 is 1.15 bits per heavy atom. The van der Waals surface area contributed by atoms with Gasteiger partial charge in [-0.25, -0.2) is 0 Å². The van der Waals surface area contributed by atoms with E-state index in [1.54, 1.807) is 0 Å². The fraction of sp³-hybridized carbons (Fsp3) is 0.417. The fourth-order valence-electron chi connectivity index (χ4n) is 1.49. The third kappa shape index (κ3) is 2.32. The van der Waals surface area contributed by atoms with Crippen LogP contribution in [0.5, 0.6) is 0 Å². The van der Waals surface area contributed by atoms with Gasteiger partial charge in [-0.15, -0.1) is 0 Å². The van der Waals surface area contributed by atoms with Gasteiger partial charge in [0.25, 0.3) is 0 Å². The van der Waals surface area contributed by atoms with Crippen LogP contribution in [0, 0.1) is 11.3 Å². The summed E-state index contributed by atoms with van der Waals surface area (Å²) in [6.07, 6.45) is 2.60. The lowest BCUT2D eigenvalue weighted by Gasteiger charge is -2.06. The lowest BCUT2D eigenvalue weighted by Crippen LogP contribution is -1.93. The molecule has 1 nitrogen and oxygen atoms in total. The Balaban J connectivity index is 3.04. The van der Waals surface area contributed by atoms with Gasteiger partial charge in [-0.1, -0.05) is 32.0 Å². The minimum absolute atomic E-state index is 0.539. The van der Waals surface area contributed by atoms with Crippen molar-refractivity contribution in [2.24, 2.45) is 0 Å². The molecule has 0 bridgehead atoms. The Hall–Kier alpha value is -1.29. The summed E-state index contributed by atoms with van der Waals surface area (Å²) in [5.41, 5.74) is 3.82. The fourth-order valence-corrected chi connectivity index (χ4v) is 1.49. The summed E-state index contributed by atoms with van der Waals surface area (Å²) >= 11 is 0. The van der Waals surface area contributed by atoms with E-state index < -0.39 is 0 Å². The first-order valence-corrected chi connectivity index (χ1v) is 4.79. The van der Waals surface area contributed by atoms with Gasteiger partial charge in [0, 0.05) is 0 Å².